The predicted molar refractivity (Wildman–Crippen MR) is 80.5 cm³/mol. The van der Waals surface area contributed by atoms with Crippen LogP contribution in [0, 0.1) is 0 Å². The molecular weight excluding hydrogens is 290 g/mol. The minimum absolute atomic E-state index is 0.368. The molecule has 0 aliphatic heterocycles. The van der Waals surface area contributed by atoms with Gasteiger partial charge < -0.3 is 9.30 Å². The van der Waals surface area contributed by atoms with Gasteiger partial charge in [-0.25, -0.2) is 9.97 Å². The molecule has 3 aromatic rings. The first-order valence-corrected chi connectivity index (χ1v) is 7.18. The van der Waals surface area contributed by atoms with Crippen molar-refractivity contribution >= 4 is 22.6 Å². The Labute approximate surface area is 127 Å². The van der Waals surface area contributed by atoms with Crippen molar-refractivity contribution in [2.75, 3.05) is 7.11 Å². The summed E-state index contributed by atoms with van der Waals surface area (Å²) in [4.78, 5) is 8.81. The molecule has 0 fully saturated rings. The summed E-state index contributed by atoms with van der Waals surface area (Å²) in [5.74, 6) is 2.82. The van der Waals surface area contributed by atoms with Crippen molar-refractivity contribution < 1.29 is 4.74 Å². The van der Waals surface area contributed by atoms with Gasteiger partial charge in [-0.3, -0.25) is 4.68 Å². The summed E-state index contributed by atoms with van der Waals surface area (Å²) in [6.07, 6.45) is 2.44. The Bertz CT molecular complexity index is 764. The van der Waals surface area contributed by atoms with Gasteiger partial charge in [0.25, 0.3) is 0 Å². The average molecular weight is 306 g/mol. The Morgan fingerprint density at radius 2 is 2.19 bits per heavy atom. The fraction of sp³-hybridized carbons (Fsp3) is 0.357. The zero-order valence-corrected chi connectivity index (χ0v) is 12.7. The molecule has 110 valence electrons. The average Bonchev–Trinajstić information content (AvgIpc) is 3.07. The lowest BCUT2D eigenvalue weighted by atomic mass is 10.3. The molecule has 0 bridgehead atoms. The van der Waals surface area contributed by atoms with Crippen LogP contribution in [0.25, 0.3) is 11.0 Å². The summed E-state index contributed by atoms with van der Waals surface area (Å²) in [6.45, 7) is 0.745. The number of hydrogen-bond acceptors (Lipinski definition) is 4. The minimum atomic E-state index is 0.368. The Morgan fingerprint density at radius 3 is 2.86 bits per heavy atom. The second-order valence-electron chi connectivity index (χ2n) is 4.75. The first-order chi connectivity index (χ1) is 10.2. The van der Waals surface area contributed by atoms with E-state index in [4.69, 9.17) is 16.3 Å². The Hall–Kier alpha value is -2.08. The van der Waals surface area contributed by atoms with Gasteiger partial charge in [0.05, 0.1) is 24.0 Å². The summed E-state index contributed by atoms with van der Waals surface area (Å²) in [7, 11) is 3.51. The van der Waals surface area contributed by atoms with Gasteiger partial charge in [0, 0.05) is 26.1 Å². The molecule has 7 heteroatoms. The van der Waals surface area contributed by atoms with Gasteiger partial charge in [-0.05, 0) is 12.1 Å². The van der Waals surface area contributed by atoms with Gasteiger partial charge in [0.2, 0.25) is 0 Å². The third-order valence-corrected chi connectivity index (χ3v) is 3.60. The van der Waals surface area contributed by atoms with Crippen LogP contribution in [0.15, 0.2) is 24.5 Å². The zero-order valence-electron chi connectivity index (χ0n) is 12.0. The molecule has 0 spiro atoms. The maximum Gasteiger partial charge on any atom is 0.152 e. The first-order valence-electron chi connectivity index (χ1n) is 6.65. The van der Waals surface area contributed by atoms with E-state index < -0.39 is 0 Å². The van der Waals surface area contributed by atoms with Crippen molar-refractivity contribution in [3.8, 4) is 5.75 Å². The molecule has 0 aliphatic carbocycles. The van der Waals surface area contributed by atoms with E-state index in [0.717, 1.165) is 41.4 Å². The van der Waals surface area contributed by atoms with Crippen LogP contribution in [0.1, 0.15) is 11.6 Å². The lowest BCUT2D eigenvalue weighted by Gasteiger charge is -2.06. The Morgan fingerprint density at radius 1 is 1.33 bits per heavy atom. The molecule has 21 heavy (non-hydrogen) atoms. The first kappa shape index (κ1) is 13.9. The van der Waals surface area contributed by atoms with Crippen LogP contribution >= 0.6 is 11.6 Å². The number of halogens is 1. The number of alkyl halides is 1. The molecule has 0 saturated heterocycles. The van der Waals surface area contributed by atoms with Crippen LogP contribution in [0.4, 0.5) is 0 Å². The number of ether oxygens (including phenoxy) is 1. The van der Waals surface area contributed by atoms with E-state index in [1.165, 1.54) is 0 Å². The van der Waals surface area contributed by atoms with Crippen LogP contribution in [0.2, 0.25) is 0 Å². The lowest BCUT2D eigenvalue weighted by molar-refractivity contribution is 0.415. The molecule has 0 unspecified atom stereocenters. The molecule has 0 N–H and O–H groups in total. The lowest BCUT2D eigenvalue weighted by Crippen LogP contribution is -2.06. The molecular formula is C14H16ClN5O. The van der Waals surface area contributed by atoms with Gasteiger partial charge in [0.15, 0.2) is 5.82 Å². The van der Waals surface area contributed by atoms with E-state index >= 15 is 0 Å². The van der Waals surface area contributed by atoms with E-state index in [1.54, 1.807) is 18.1 Å². The van der Waals surface area contributed by atoms with Crippen molar-refractivity contribution in [3.63, 3.8) is 0 Å². The van der Waals surface area contributed by atoms with Gasteiger partial charge in [-0.1, -0.05) is 0 Å². The number of imidazole rings is 1. The predicted octanol–water partition coefficient (Wildman–Crippen LogP) is 2.15. The maximum atomic E-state index is 6.01. The van der Waals surface area contributed by atoms with E-state index in [2.05, 4.69) is 19.6 Å². The van der Waals surface area contributed by atoms with Crippen LogP contribution in [0.3, 0.4) is 0 Å². The zero-order chi connectivity index (χ0) is 14.8. The number of nitrogens with zero attached hydrogens (tertiary/aromatic N) is 5. The topological polar surface area (TPSA) is 57.8 Å². The molecule has 0 amide bonds. The quantitative estimate of drug-likeness (QED) is 0.678. The molecule has 0 aliphatic rings. The second-order valence-corrected chi connectivity index (χ2v) is 5.02. The fourth-order valence-electron chi connectivity index (χ4n) is 2.35. The normalized spacial score (nSPS) is 11.2. The number of methoxy groups -OCH3 is 1. The number of hydrogen-bond donors (Lipinski definition) is 0. The van der Waals surface area contributed by atoms with E-state index in [0.29, 0.717) is 5.88 Å². The number of aromatic nitrogens is 5. The highest BCUT2D eigenvalue weighted by Gasteiger charge is 2.11. The van der Waals surface area contributed by atoms with Crippen molar-refractivity contribution in [1.82, 2.24) is 24.3 Å². The number of fused-ring (bicyclic) bond motifs is 1. The maximum absolute atomic E-state index is 6.01. The highest BCUT2D eigenvalue weighted by Crippen LogP contribution is 2.22. The molecule has 0 atom stereocenters. The van der Waals surface area contributed by atoms with Crippen molar-refractivity contribution in [2.45, 2.75) is 18.8 Å². The minimum Gasteiger partial charge on any atom is -0.497 e. The molecule has 2 heterocycles. The van der Waals surface area contributed by atoms with Crippen molar-refractivity contribution in [2.24, 2.45) is 7.05 Å². The van der Waals surface area contributed by atoms with Gasteiger partial charge in [-0.2, -0.15) is 5.10 Å². The summed E-state index contributed by atoms with van der Waals surface area (Å²) < 4.78 is 9.04. The number of benzene rings is 1. The summed E-state index contributed by atoms with van der Waals surface area (Å²) in [5.41, 5.74) is 1.93. The monoisotopic (exact) mass is 305 g/mol. The third-order valence-electron chi connectivity index (χ3n) is 3.36. The van der Waals surface area contributed by atoms with Gasteiger partial charge >= 0.3 is 0 Å². The van der Waals surface area contributed by atoms with Gasteiger partial charge in [-0.15, -0.1) is 11.6 Å². The van der Waals surface area contributed by atoms with E-state index in [-0.39, 0.29) is 0 Å². The molecule has 6 nitrogen and oxygen atoms in total. The highest BCUT2D eigenvalue weighted by atomic mass is 35.5. The van der Waals surface area contributed by atoms with Crippen LogP contribution in [0.5, 0.6) is 5.75 Å². The highest BCUT2D eigenvalue weighted by molar-refractivity contribution is 6.16. The van der Waals surface area contributed by atoms with Crippen LogP contribution in [-0.4, -0.2) is 31.4 Å². The molecule has 0 radical (unpaired) electrons. The molecule has 2 aromatic heterocycles. The standard InChI is InChI=1S/C14H16ClN5O/c1-19-9-16-13(18-19)5-6-20-12-4-3-10(21-2)7-11(12)17-14(20)8-15/h3-4,7,9H,5-6,8H2,1-2H3. The third kappa shape index (κ3) is 2.71. The SMILES string of the molecule is COc1ccc2c(c1)nc(CCl)n2CCc1ncn(C)n1. The molecule has 3 rings (SSSR count). The van der Waals surface area contributed by atoms with E-state index in [9.17, 15) is 0 Å². The second kappa shape index (κ2) is 5.73. The van der Waals surface area contributed by atoms with Crippen molar-refractivity contribution in [3.05, 3.63) is 36.2 Å². The summed E-state index contributed by atoms with van der Waals surface area (Å²) in [6, 6.07) is 5.85. The number of rotatable bonds is 5. The Kier molecular flexibility index (Phi) is 3.79. The van der Waals surface area contributed by atoms with Crippen LogP contribution in [-0.2, 0) is 25.9 Å². The molecule has 0 saturated carbocycles. The van der Waals surface area contributed by atoms with Crippen LogP contribution < -0.4 is 4.74 Å². The fourth-order valence-corrected chi connectivity index (χ4v) is 2.55. The van der Waals surface area contributed by atoms with Gasteiger partial charge in [0.1, 0.15) is 17.9 Å². The Balaban J connectivity index is 1.92. The number of aryl methyl sites for hydroxylation is 3. The van der Waals surface area contributed by atoms with Crippen molar-refractivity contribution in [1.29, 1.82) is 0 Å². The summed E-state index contributed by atoms with van der Waals surface area (Å²) in [5, 5.41) is 4.29. The molecule has 1 aromatic carbocycles. The largest absolute Gasteiger partial charge is 0.497 e. The smallest absolute Gasteiger partial charge is 0.152 e. The van der Waals surface area contributed by atoms with E-state index in [1.807, 2.05) is 25.2 Å². The summed E-state index contributed by atoms with van der Waals surface area (Å²) >= 11 is 6.01.